The molecule has 0 aromatic heterocycles. The van der Waals surface area contributed by atoms with Gasteiger partial charge in [-0.3, -0.25) is 10.1 Å². The summed E-state index contributed by atoms with van der Waals surface area (Å²) in [5.74, 6) is 0. The minimum atomic E-state index is -0.792. The Balaban J connectivity index is 3.46. The quantitative estimate of drug-likeness (QED) is 0.481. The highest BCUT2D eigenvalue weighted by Gasteiger charge is 2.24. The maximum atomic E-state index is 10.9. The van der Waals surface area contributed by atoms with Gasteiger partial charge in [-0.1, -0.05) is 23.2 Å². The van der Waals surface area contributed by atoms with Gasteiger partial charge in [-0.05, 0) is 6.92 Å². The summed E-state index contributed by atoms with van der Waals surface area (Å²) < 4.78 is 10.0. The molecule has 0 heterocycles. The number of rotatable bonds is 4. The summed E-state index contributed by atoms with van der Waals surface area (Å²) in [6, 6.07) is 1.31. The molecule has 0 aliphatic carbocycles. The third-order valence-corrected chi connectivity index (χ3v) is 3.31. The molecule has 0 saturated carbocycles. The van der Waals surface area contributed by atoms with Crippen molar-refractivity contribution >= 4 is 28.9 Å². The van der Waals surface area contributed by atoms with Crippen molar-refractivity contribution in [3.05, 3.63) is 37.4 Å². The molecule has 0 fully saturated rings. The van der Waals surface area contributed by atoms with Gasteiger partial charge in [0.1, 0.15) is 0 Å². The highest BCUT2D eigenvalue weighted by molar-refractivity contribution is 6.43. The molecule has 0 unspecified atom stereocenters. The first kappa shape index (κ1) is 14.2. The Morgan fingerprint density at radius 1 is 1.29 bits per heavy atom. The van der Waals surface area contributed by atoms with E-state index in [1.165, 1.54) is 27.2 Å². The molecule has 0 radical (unpaired) electrons. The van der Waals surface area contributed by atoms with Gasteiger partial charge < -0.3 is 9.47 Å². The van der Waals surface area contributed by atoms with Crippen molar-refractivity contribution in [2.45, 2.75) is 13.2 Å². The zero-order chi connectivity index (χ0) is 13.2. The van der Waals surface area contributed by atoms with Crippen molar-refractivity contribution in [3.63, 3.8) is 0 Å². The third kappa shape index (κ3) is 2.69. The first-order valence-corrected chi connectivity index (χ1v) is 5.38. The number of hydrogen-bond acceptors (Lipinski definition) is 4. The second kappa shape index (κ2) is 5.64. The third-order valence-electron chi connectivity index (χ3n) is 2.33. The molecule has 1 rings (SSSR count). The lowest BCUT2D eigenvalue weighted by Crippen LogP contribution is -2.06. The number of ether oxygens (including phenoxy) is 2. The van der Waals surface area contributed by atoms with E-state index in [2.05, 4.69) is 0 Å². The summed E-state index contributed by atoms with van der Waals surface area (Å²) in [7, 11) is 2.81. The van der Waals surface area contributed by atoms with Gasteiger partial charge in [-0.25, -0.2) is 0 Å². The summed E-state index contributed by atoms with van der Waals surface area (Å²) in [6.45, 7) is 1.53. The molecule has 0 saturated heterocycles. The second-order valence-corrected chi connectivity index (χ2v) is 4.05. The van der Waals surface area contributed by atoms with Gasteiger partial charge in [-0.15, -0.1) is 0 Å². The molecule has 0 aliphatic rings. The maximum Gasteiger partial charge on any atom is 0.274 e. The lowest BCUT2D eigenvalue weighted by molar-refractivity contribution is -0.385. The van der Waals surface area contributed by atoms with Crippen LogP contribution in [0.4, 0.5) is 5.69 Å². The standard InChI is InChI=1S/C10H11Cl2NO4/c1-5-7(13(14)15)4-6(9(12)8(5)11)10(16-2)17-3/h4,10H,1-3H3. The van der Waals surface area contributed by atoms with E-state index in [1.54, 1.807) is 0 Å². The largest absolute Gasteiger partial charge is 0.352 e. The Kier molecular flexibility index (Phi) is 4.70. The lowest BCUT2D eigenvalue weighted by Gasteiger charge is -2.16. The fourth-order valence-electron chi connectivity index (χ4n) is 1.43. The lowest BCUT2D eigenvalue weighted by atomic mass is 10.1. The van der Waals surface area contributed by atoms with Crippen LogP contribution < -0.4 is 0 Å². The van der Waals surface area contributed by atoms with E-state index in [1.807, 2.05) is 0 Å². The zero-order valence-electron chi connectivity index (χ0n) is 9.49. The second-order valence-electron chi connectivity index (χ2n) is 3.30. The van der Waals surface area contributed by atoms with E-state index < -0.39 is 11.2 Å². The Labute approximate surface area is 108 Å². The van der Waals surface area contributed by atoms with Crippen molar-refractivity contribution in [1.29, 1.82) is 0 Å². The van der Waals surface area contributed by atoms with Crippen molar-refractivity contribution in [1.82, 2.24) is 0 Å². The van der Waals surface area contributed by atoms with Crippen LogP contribution in [0.25, 0.3) is 0 Å². The van der Waals surface area contributed by atoms with Gasteiger partial charge >= 0.3 is 0 Å². The van der Waals surface area contributed by atoms with Crippen molar-refractivity contribution in [2.75, 3.05) is 14.2 Å². The maximum absolute atomic E-state index is 10.9. The van der Waals surface area contributed by atoms with Gasteiger partial charge in [0.05, 0.1) is 15.0 Å². The minimum Gasteiger partial charge on any atom is -0.352 e. The van der Waals surface area contributed by atoms with Crippen molar-refractivity contribution < 1.29 is 14.4 Å². The number of methoxy groups -OCH3 is 2. The number of nitrogens with zero attached hydrogens (tertiary/aromatic N) is 1. The van der Waals surface area contributed by atoms with Gasteiger partial charge in [0.25, 0.3) is 5.69 Å². The van der Waals surface area contributed by atoms with Crippen LogP contribution in [0, 0.1) is 17.0 Å². The molecular weight excluding hydrogens is 269 g/mol. The summed E-state index contributed by atoms with van der Waals surface area (Å²) in [4.78, 5) is 10.3. The van der Waals surface area contributed by atoms with Crippen LogP contribution in [0.1, 0.15) is 17.4 Å². The Hall–Kier alpha value is -0.880. The molecule has 17 heavy (non-hydrogen) atoms. The van der Waals surface area contributed by atoms with Crippen LogP contribution in [0.5, 0.6) is 0 Å². The molecule has 0 spiro atoms. The fourth-order valence-corrected chi connectivity index (χ4v) is 1.93. The van der Waals surface area contributed by atoms with Crippen LogP contribution in [-0.4, -0.2) is 19.1 Å². The Morgan fingerprint density at radius 2 is 1.82 bits per heavy atom. The molecule has 0 atom stereocenters. The molecule has 1 aromatic rings. The monoisotopic (exact) mass is 279 g/mol. The number of halogens is 2. The van der Waals surface area contributed by atoms with Gasteiger partial charge in [0, 0.05) is 31.4 Å². The summed E-state index contributed by atoms with van der Waals surface area (Å²) >= 11 is 12.0. The van der Waals surface area contributed by atoms with Crippen LogP contribution in [-0.2, 0) is 9.47 Å². The predicted octanol–water partition coefficient (Wildman–Crippen LogP) is 3.50. The normalized spacial score (nSPS) is 10.9. The molecule has 0 N–H and O–H groups in total. The van der Waals surface area contributed by atoms with E-state index >= 15 is 0 Å². The minimum absolute atomic E-state index is 0.117. The molecule has 1 aromatic carbocycles. The Bertz CT molecular complexity index is 446. The van der Waals surface area contributed by atoms with Crippen LogP contribution in [0.2, 0.25) is 10.0 Å². The summed E-state index contributed by atoms with van der Waals surface area (Å²) in [5, 5.41) is 11.2. The highest BCUT2D eigenvalue weighted by Crippen LogP contribution is 2.38. The number of nitro groups is 1. The smallest absolute Gasteiger partial charge is 0.274 e. The molecule has 94 valence electrons. The van der Waals surface area contributed by atoms with E-state index in [9.17, 15) is 10.1 Å². The SMILES string of the molecule is COC(OC)c1cc([N+](=O)[O-])c(C)c(Cl)c1Cl. The van der Waals surface area contributed by atoms with Crippen molar-refractivity contribution in [3.8, 4) is 0 Å². The van der Waals surface area contributed by atoms with Crippen molar-refractivity contribution in [2.24, 2.45) is 0 Å². The molecule has 7 heteroatoms. The van der Waals surface area contributed by atoms with E-state index in [0.717, 1.165) is 0 Å². The molecule has 5 nitrogen and oxygen atoms in total. The summed E-state index contributed by atoms with van der Waals surface area (Å²) in [6.07, 6.45) is -0.792. The van der Waals surface area contributed by atoms with Gasteiger partial charge in [0.15, 0.2) is 6.29 Å². The average Bonchev–Trinajstić information content (AvgIpc) is 2.30. The predicted molar refractivity (Wildman–Crippen MR) is 64.6 cm³/mol. The first-order chi connectivity index (χ1) is 7.93. The summed E-state index contributed by atoms with van der Waals surface area (Å²) in [5.41, 5.74) is 0.531. The zero-order valence-corrected chi connectivity index (χ0v) is 11.0. The topological polar surface area (TPSA) is 61.6 Å². The molecule has 0 bridgehead atoms. The first-order valence-electron chi connectivity index (χ1n) is 4.62. The Morgan fingerprint density at radius 3 is 2.24 bits per heavy atom. The van der Waals surface area contributed by atoms with Crippen LogP contribution in [0.3, 0.4) is 0 Å². The number of nitro benzene ring substituents is 1. The van der Waals surface area contributed by atoms with Crippen LogP contribution >= 0.6 is 23.2 Å². The van der Waals surface area contributed by atoms with E-state index in [0.29, 0.717) is 11.1 Å². The van der Waals surface area contributed by atoms with E-state index in [4.69, 9.17) is 32.7 Å². The molecule has 0 aliphatic heterocycles. The average molecular weight is 280 g/mol. The molecular formula is C10H11Cl2NO4. The fraction of sp³-hybridized carbons (Fsp3) is 0.400. The molecule has 0 amide bonds. The number of benzene rings is 1. The highest BCUT2D eigenvalue weighted by atomic mass is 35.5. The van der Waals surface area contributed by atoms with Crippen LogP contribution in [0.15, 0.2) is 6.07 Å². The van der Waals surface area contributed by atoms with E-state index in [-0.39, 0.29) is 15.7 Å². The van der Waals surface area contributed by atoms with Gasteiger partial charge in [0.2, 0.25) is 0 Å². The van der Waals surface area contributed by atoms with Gasteiger partial charge in [-0.2, -0.15) is 0 Å². The number of hydrogen-bond donors (Lipinski definition) is 0.